The molecular formula is C17H21BrN2. The Morgan fingerprint density at radius 3 is 2.25 bits per heavy atom. The van der Waals surface area contributed by atoms with Crippen LogP contribution in [0.2, 0.25) is 0 Å². The van der Waals surface area contributed by atoms with E-state index in [0.717, 1.165) is 11.0 Å². The molecule has 0 amide bonds. The highest BCUT2D eigenvalue weighted by Crippen LogP contribution is 2.25. The van der Waals surface area contributed by atoms with Crippen molar-refractivity contribution in [3.8, 4) is 0 Å². The van der Waals surface area contributed by atoms with Crippen LogP contribution < -0.4 is 5.32 Å². The Bertz CT molecular complexity index is 549. The fraction of sp³-hybridized carbons (Fsp3) is 0.353. The van der Waals surface area contributed by atoms with Gasteiger partial charge in [-0.2, -0.15) is 0 Å². The molecular weight excluding hydrogens is 312 g/mol. The SMILES string of the molecule is CCNC(c1ccc(C(C)C)cc1)c1cncc(Br)c1. The summed E-state index contributed by atoms with van der Waals surface area (Å²) in [6.45, 7) is 7.48. The van der Waals surface area contributed by atoms with Crippen molar-refractivity contribution >= 4 is 15.9 Å². The van der Waals surface area contributed by atoms with Crippen molar-refractivity contribution in [2.45, 2.75) is 32.7 Å². The lowest BCUT2D eigenvalue weighted by atomic mass is 9.96. The van der Waals surface area contributed by atoms with E-state index >= 15 is 0 Å². The van der Waals surface area contributed by atoms with E-state index in [-0.39, 0.29) is 6.04 Å². The van der Waals surface area contributed by atoms with Gasteiger partial charge in [-0.15, -0.1) is 0 Å². The molecule has 1 atom stereocenters. The molecule has 106 valence electrons. The highest BCUT2D eigenvalue weighted by Gasteiger charge is 2.13. The van der Waals surface area contributed by atoms with Crippen LogP contribution in [0.15, 0.2) is 47.2 Å². The second kappa shape index (κ2) is 7.00. The quantitative estimate of drug-likeness (QED) is 0.860. The van der Waals surface area contributed by atoms with Gasteiger partial charge in [0.1, 0.15) is 0 Å². The molecule has 0 fully saturated rings. The zero-order valence-corrected chi connectivity index (χ0v) is 13.8. The van der Waals surface area contributed by atoms with Gasteiger partial charge in [0.05, 0.1) is 6.04 Å². The zero-order valence-electron chi connectivity index (χ0n) is 12.2. The number of benzene rings is 1. The largest absolute Gasteiger partial charge is 0.306 e. The molecule has 2 rings (SSSR count). The van der Waals surface area contributed by atoms with Crippen LogP contribution in [0.4, 0.5) is 0 Å². The molecule has 0 bridgehead atoms. The predicted octanol–water partition coefficient (Wildman–Crippen LogP) is 4.67. The maximum absolute atomic E-state index is 4.27. The number of hydrogen-bond acceptors (Lipinski definition) is 2. The van der Waals surface area contributed by atoms with Crippen molar-refractivity contribution in [2.75, 3.05) is 6.54 Å². The van der Waals surface area contributed by atoms with E-state index in [1.165, 1.54) is 16.7 Å². The number of nitrogens with one attached hydrogen (secondary N) is 1. The molecule has 0 spiro atoms. The molecule has 3 heteroatoms. The fourth-order valence-corrected chi connectivity index (χ4v) is 2.67. The molecule has 20 heavy (non-hydrogen) atoms. The first-order valence-electron chi connectivity index (χ1n) is 7.05. The third-order valence-electron chi connectivity index (χ3n) is 3.40. The van der Waals surface area contributed by atoms with E-state index in [0.29, 0.717) is 5.92 Å². The second-order valence-electron chi connectivity index (χ2n) is 5.25. The van der Waals surface area contributed by atoms with Gasteiger partial charge in [-0.05, 0) is 51.1 Å². The van der Waals surface area contributed by atoms with E-state index in [4.69, 9.17) is 0 Å². The highest BCUT2D eigenvalue weighted by atomic mass is 79.9. The van der Waals surface area contributed by atoms with E-state index < -0.39 is 0 Å². The molecule has 2 aromatic rings. The summed E-state index contributed by atoms with van der Waals surface area (Å²) in [5.41, 5.74) is 3.83. The van der Waals surface area contributed by atoms with Crippen LogP contribution >= 0.6 is 15.9 Å². The number of aromatic nitrogens is 1. The lowest BCUT2D eigenvalue weighted by molar-refractivity contribution is 0.628. The molecule has 2 nitrogen and oxygen atoms in total. The summed E-state index contributed by atoms with van der Waals surface area (Å²) >= 11 is 3.49. The van der Waals surface area contributed by atoms with Gasteiger partial charge in [-0.3, -0.25) is 4.98 Å². The van der Waals surface area contributed by atoms with E-state index in [1.54, 1.807) is 0 Å². The first-order valence-corrected chi connectivity index (χ1v) is 7.84. The first-order chi connectivity index (χ1) is 9.61. The molecule has 0 aliphatic carbocycles. The van der Waals surface area contributed by atoms with Crippen molar-refractivity contribution in [1.82, 2.24) is 10.3 Å². The second-order valence-corrected chi connectivity index (χ2v) is 6.16. The number of halogens is 1. The summed E-state index contributed by atoms with van der Waals surface area (Å²) in [6.07, 6.45) is 3.74. The Balaban J connectivity index is 2.33. The van der Waals surface area contributed by atoms with Crippen LogP contribution in [0.25, 0.3) is 0 Å². The van der Waals surface area contributed by atoms with Crippen molar-refractivity contribution in [3.63, 3.8) is 0 Å². The summed E-state index contributed by atoms with van der Waals surface area (Å²) in [4.78, 5) is 4.27. The number of pyridine rings is 1. The van der Waals surface area contributed by atoms with Gasteiger partial charge in [0.2, 0.25) is 0 Å². The summed E-state index contributed by atoms with van der Waals surface area (Å²) in [5.74, 6) is 0.564. The van der Waals surface area contributed by atoms with Crippen molar-refractivity contribution in [2.24, 2.45) is 0 Å². The summed E-state index contributed by atoms with van der Waals surface area (Å²) in [5, 5.41) is 3.53. The van der Waals surface area contributed by atoms with Crippen LogP contribution in [0.3, 0.4) is 0 Å². The van der Waals surface area contributed by atoms with Gasteiger partial charge in [0.25, 0.3) is 0 Å². The Morgan fingerprint density at radius 1 is 1.05 bits per heavy atom. The third kappa shape index (κ3) is 3.68. The van der Waals surface area contributed by atoms with Crippen LogP contribution in [0.5, 0.6) is 0 Å². The molecule has 0 aliphatic rings. The predicted molar refractivity (Wildman–Crippen MR) is 88.0 cm³/mol. The zero-order chi connectivity index (χ0) is 14.5. The van der Waals surface area contributed by atoms with Crippen LogP contribution in [0, 0.1) is 0 Å². The maximum atomic E-state index is 4.27. The van der Waals surface area contributed by atoms with E-state index in [9.17, 15) is 0 Å². The van der Waals surface area contributed by atoms with Crippen LogP contribution in [-0.4, -0.2) is 11.5 Å². The number of rotatable bonds is 5. The summed E-state index contributed by atoms with van der Waals surface area (Å²) in [7, 11) is 0. The van der Waals surface area contributed by atoms with E-state index in [1.807, 2.05) is 12.4 Å². The fourth-order valence-electron chi connectivity index (χ4n) is 2.29. The van der Waals surface area contributed by atoms with Gasteiger partial charge in [-0.1, -0.05) is 45.0 Å². The molecule has 0 saturated heterocycles. The molecule has 1 N–H and O–H groups in total. The smallest absolute Gasteiger partial charge is 0.0592 e. The molecule has 1 unspecified atom stereocenters. The number of nitrogens with zero attached hydrogens (tertiary/aromatic N) is 1. The summed E-state index contributed by atoms with van der Waals surface area (Å²) in [6, 6.07) is 11.2. The molecule has 0 aliphatic heterocycles. The Labute approximate surface area is 129 Å². The van der Waals surface area contributed by atoms with Crippen LogP contribution in [0.1, 0.15) is 49.4 Å². The van der Waals surface area contributed by atoms with Crippen LogP contribution in [-0.2, 0) is 0 Å². The molecule has 1 aromatic carbocycles. The van der Waals surface area contributed by atoms with Crippen molar-refractivity contribution in [1.29, 1.82) is 0 Å². The minimum atomic E-state index is 0.186. The third-order valence-corrected chi connectivity index (χ3v) is 3.84. The monoisotopic (exact) mass is 332 g/mol. The maximum Gasteiger partial charge on any atom is 0.0592 e. The van der Waals surface area contributed by atoms with Crippen molar-refractivity contribution < 1.29 is 0 Å². The standard InChI is InChI=1S/C17H21BrN2/c1-4-20-17(15-9-16(18)11-19-10-15)14-7-5-13(6-8-14)12(2)3/h5-12,17,20H,4H2,1-3H3. The first kappa shape index (κ1) is 15.2. The minimum absolute atomic E-state index is 0.186. The minimum Gasteiger partial charge on any atom is -0.306 e. The summed E-state index contributed by atoms with van der Waals surface area (Å²) < 4.78 is 1.01. The normalized spacial score (nSPS) is 12.7. The topological polar surface area (TPSA) is 24.9 Å². The van der Waals surface area contributed by atoms with Gasteiger partial charge in [-0.25, -0.2) is 0 Å². The van der Waals surface area contributed by atoms with Gasteiger partial charge >= 0.3 is 0 Å². The lowest BCUT2D eigenvalue weighted by Gasteiger charge is -2.19. The van der Waals surface area contributed by atoms with E-state index in [2.05, 4.69) is 77.3 Å². The van der Waals surface area contributed by atoms with Gasteiger partial charge < -0.3 is 5.32 Å². The van der Waals surface area contributed by atoms with Gasteiger partial charge in [0.15, 0.2) is 0 Å². The average molecular weight is 333 g/mol. The Hall–Kier alpha value is -1.19. The molecule has 0 radical (unpaired) electrons. The lowest BCUT2D eigenvalue weighted by Crippen LogP contribution is -2.22. The van der Waals surface area contributed by atoms with Gasteiger partial charge in [0, 0.05) is 16.9 Å². The Kier molecular flexibility index (Phi) is 5.32. The number of hydrogen-bond donors (Lipinski definition) is 1. The Morgan fingerprint density at radius 2 is 1.70 bits per heavy atom. The average Bonchev–Trinajstić information content (AvgIpc) is 2.45. The van der Waals surface area contributed by atoms with Crippen molar-refractivity contribution in [3.05, 3.63) is 63.9 Å². The molecule has 1 aromatic heterocycles. The molecule has 1 heterocycles. The highest BCUT2D eigenvalue weighted by molar-refractivity contribution is 9.10. The molecule has 0 saturated carbocycles.